The van der Waals surface area contributed by atoms with Gasteiger partial charge < -0.3 is 0 Å². The largest absolute Gasteiger partial charge is 0.419 e. The molecule has 0 spiro atoms. The quantitative estimate of drug-likeness (QED) is 0.483. The number of hydrazine groups is 1. The van der Waals surface area contributed by atoms with E-state index < -0.39 is 23.6 Å². The van der Waals surface area contributed by atoms with Crippen molar-refractivity contribution in [2.75, 3.05) is 0 Å². The molecule has 0 amide bonds. The molecule has 0 saturated heterocycles. The smallest absolute Gasteiger partial charge is 0.271 e. The number of hydrogen-bond acceptors (Lipinski definition) is 3. The lowest BCUT2D eigenvalue weighted by Gasteiger charge is -2.16. The first-order valence-corrected chi connectivity index (χ1v) is 7.07. The third-order valence-corrected chi connectivity index (χ3v) is 4.43. The monoisotopic (exact) mass is 368 g/mol. The fraction of sp³-hybridized carbons (Fsp3) is 0.167. The van der Waals surface area contributed by atoms with E-state index in [0.29, 0.717) is 5.56 Å². The van der Waals surface area contributed by atoms with Gasteiger partial charge in [0.25, 0.3) is 0 Å². The average molecular weight is 369 g/mol. The van der Waals surface area contributed by atoms with E-state index in [1.807, 2.05) is 0 Å². The van der Waals surface area contributed by atoms with E-state index in [0.717, 1.165) is 21.5 Å². The van der Waals surface area contributed by atoms with E-state index in [9.17, 15) is 17.6 Å². The fourth-order valence-corrected chi connectivity index (χ4v) is 3.29. The molecule has 3 N–H and O–H groups in total. The highest BCUT2D eigenvalue weighted by atomic mass is 79.9. The van der Waals surface area contributed by atoms with Crippen molar-refractivity contribution in [3.63, 3.8) is 0 Å². The number of rotatable bonds is 3. The summed E-state index contributed by atoms with van der Waals surface area (Å²) in [4.78, 5) is 0.763. The number of nitrogens with one attached hydrogen (secondary N) is 1. The Morgan fingerprint density at radius 1 is 1.25 bits per heavy atom. The van der Waals surface area contributed by atoms with Crippen LogP contribution in [0.25, 0.3) is 0 Å². The van der Waals surface area contributed by atoms with Crippen molar-refractivity contribution < 1.29 is 17.6 Å². The Morgan fingerprint density at radius 2 is 1.95 bits per heavy atom. The number of thiophene rings is 1. The minimum Gasteiger partial charge on any atom is -0.271 e. The summed E-state index contributed by atoms with van der Waals surface area (Å²) in [5, 5.41) is 1.81. The van der Waals surface area contributed by atoms with Gasteiger partial charge in [-0.1, -0.05) is 6.07 Å². The van der Waals surface area contributed by atoms with Crippen molar-refractivity contribution >= 4 is 27.3 Å². The summed E-state index contributed by atoms with van der Waals surface area (Å²) in [6.45, 7) is 0. The Labute approximate surface area is 124 Å². The number of hydrogen-bond donors (Lipinski definition) is 2. The van der Waals surface area contributed by atoms with Crippen LogP contribution in [0, 0.1) is 5.82 Å². The van der Waals surface area contributed by atoms with Gasteiger partial charge in [0.2, 0.25) is 0 Å². The minimum atomic E-state index is -4.71. The molecule has 2 rings (SSSR count). The molecule has 1 unspecified atom stereocenters. The van der Waals surface area contributed by atoms with Gasteiger partial charge in [-0.25, -0.2) is 9.82 Å². The summed E-state index contributed by atoms with van der Waals surface area (Å²) in [5.41, 5.74) is 1.51. The number of nitrogens with two attached hydrogens (primary N) is 1. The van der Waals surface area contributed by atoms with E-state index in [2.05, 4.69) is 21.4 Å². The first-order chi connectivity index (χ1) is 9.32. The zero-order chi connectivity index (χ0) is 14.9. The normalized spacial score (nSPS) is 13.5. The molecule has 0 bridgehead atoms. The maximum absolute atomic E-state index is 13.6. The maximum atomic E-state index is 13.6. The Bertz CT molecular complexity index is 612. The molecule has 2 aromatic rings. The zero-order valence-electron chi connectivity index (χ0n) is 9.84. The van der Waals surface area contributed by atoms with Crippen LogP contribution in [0.15, 0.2) is 34.1 Å². The van der Waals surface area contributed by atoms with Gasteiger partial charge in [-0.3, -0.25) is 5.84 Å². The summed E-state index contributed by atoms with van der Waals surface area (Å²) in [6, 6.07) is 3.98. The van der Waals surface area contributed by atoms with Gasteiger partial charge in [0.1, 0.15) is 5.82 Å². The van der Waals surface area contributed by atoms with Crippen LogP contribution in [-0.4, -0.2) is 0 Å². The average Bonchev–Trinajstić information content (AvgIpc) is 2.75. The van der Waals surface area contributed by atoms with Gasteiger partial charge in [0.15, 0.2) is 0 Å². The molecule has 2 nitrogen and oxygen atoms in total. The third kappa shape index (κ3) is 3.20. The Balaban J connectivity index is 2.39. The standard InChI is InChI=1S/C12H9BrF4N2S/c13-7-4-10(20-5-7)11(19-18)6-1-2-8(9(14)3-6)12(15,16)17/h1-5,11,19H,18H2. The van der Waals surface area contributed by atoms with Crippen LogP contribution in [0.3, 0.4) is 0 Å². The SMILES string of the molecule is NNC(c1ccc(C(F)(F)F)c(F)c1)c1cc(Br)cs1. The second-order valence-corrected chi connectivity index (χ2v) is 5.86. The minimum absolute atomic E-state index is 0.326. The molecule has 0 aliphatic rings. The lowest BCUT2D eigenvalue weighted by atomic mass is 10.0. The van der Waals surface area contributed by atoms with Gasteiger partial charge in [-0.15, -0.1) is 11.3 Å². The van der Waals surface area contributed by atoms with Crippen molar-refractivity contribution in [3.05, 3.63) is 55.9 Å². The summed E-state index contributed by atoms with van der Waals surface area (Å²) < 4.78 is 51.9. The predicted molar refractivity (Wildman–Crippen MR) is 72.6 cm³/mol. The second-order valence-electron chi connectivity index (χ2n) is 4.00. The molecule has 0 aliphatic carbocycles. The summed E-state index contributed by atoms with van der Waals surface area (Å²) in [5.74, 6) is 4.10. The van der Waals surface area contributed by atoms with Gasteiger partial charge in [-0.2, -0.15) is 13.2 Å². The summed E-state index contributed by atoms with van der Waals surface area (Å²) in [6.07, 6.45) is -4.71. The van der Waals surface area contributed by atoms with Crippen molar-refractivity contribution in [1.29, 1.82) is 0 Å². The highest BCUT2D eigenvalue weighted by Gasteiger charge is 2.34. The maximum Gasteiger partial charge on any atom is 0.419 e. The van der Waals surface area contributed by atoms with Crippen LogP contribution in [0.2, 0.25) is 0 Å². The van der Waals surface area contributed by atoms with Gasteiger partial charge in [0.05, 0.1) is 11.6 Å². The van der Waals surface area contributed by atoms with Crippen LogP contribution < -0.4 is 11.3 Å². The van der Waals surface area contributed by atoms with E-state index in [-0.39, 0.29) is 0 Å². The lowest BCUT2D eigenvalue weighted by Crippen LogP contribution is -2.28. The predicted octanol–water partition coefficient (Wildman–Crippen LogP) is 4.22. The second kappa shape index (κ2) is 5.80. The third-order valence-electron chi connectivity index (χ3n) is 2.67. The van der Waals surface area contributed by atoms with Crippen LogP contribution >= 0.6 is 27.3 Å². The molecule has 8 heteroatoms. The molecule has 1 heterocycles. The van der Waals surface area contributed by atoms with Gasteiger partial charge >= 0.3 is 6.18 Å². The topological polar surface area (TPSA) is 38.0 Å². The zero-order valence-corrected chi connectivity index (χ0v) is 12.2. The van der Waals surface area contributed by atoms with Gasteiger partial charge in [0, 0.05) is 14.7 Å². The lowest BCUT2D eigenvalue weighted by molar-refractivity contribution is -0.140. The molecule has 1 aromatic heterocycles. The van der Waals surface area contributed by atoms with E-state index >= 15 is 0 Å². The van der Waals surface area contributed by atoms with Gasteiger partial charge in [-0.05, 0) is 39.7 Å². The van der Waals surface area contributed by atoms with Crippen LogP contribution in [0.1, 0.15) is 22.0 Å². The summed E-state index contributed by atoms with van der Waals surface area (Å²) in [7, 11) is 0. The van der Waals surface area contributed by atoms with Crippen molar-refractivity contribution in [3.8, 4) is 0 Å². The Hall–Kier alpha value is -0.960. The molecule has 0 radical (unpaired) electrons. The molecule has 0 aliphatic heterocycles. The highest BCUT2D eigenvalue weighted by Crippen LogP contribution is 2.34. The Morgan fingerprint density at radius 3 is 2.40 bits per heavy atom. The van der Waals surface area contributed by atoms with E-state index in [1.54, 1.807) is 11.4 Å². The molecular formula is C12H9BrF4N2S. The highest BCUT2D eigenvalue weighted by molar-refractivity contribution is 9.10. The number of benzene rings is 1. The molecule has 20 heavy (non-hydrogen) atoms. The number of halogens is 5. The first kappa shape index (κ1) is 15.4. The molecule has 1 aromatic carbocycles. The van der Waals surface area contributed by atoms with Crippen molar-refractivity contribution in [1.82, 2.24) is 5.43 Å². The molecule has 0 fully saturated rings. The van der Waals surface area contributed by atoms with Crippen LogP contribution in [0.5, 0.6) is 0 Å². The van der Waals surface area contributed by atoms with Crippen LogP contribution in [0.4, 0.5) is 17.6 Å². The summed E-state index contributed by atoms with van der Waals surface area (Å²) >= 11 is 4.63. The number of alkyl halides is 3. The molecule has 108 valence electrons. The molecular weight excluding hydrogens is 360 g/mol. The Kier molecular flexibility index (Phi) is 4.48. The van der Waals surface area contributed by atoms with E-state index in [1.165, 1.54) is 17.4 Å². The fourth-order valence-electron chi connectivity index (χ4n) is 1.76. The van der Waals surface area contributed by atoms with Crippen LogP contribution in [-0.2, 0) is 6.18 Å². The van der Waals surface area contributed by atoms with Crippen molar-refractivity contribution in [2.45, 2.75) is 12.2 Å². The molecule has 0 saturated carbocycles. The van der Waals surface area contributed by atoms with E-state index in [4.69, 9.17) is 5.84 Å². The van der Waals surface area contributed by atoms with Crippen molar-refractivity contribution in [2.24, 2.45) is 5.84 Å². The first-order valence-electron chi connectivity index (χ1n) is 5.39. The molecule has 1 atom stereocenters.